The number of hydrogen-bond acceptors (Lipinski definition) is 4. The lowest BCUT2D eigenvalue weighted by Crippen LogP contribution is -2.08. The molecule has 0 amide bonds. The second-order valence-corrected chi connectivity index (χ2v) is 4.10. The van der Waals surface area contributed by atoms with Crippen LogP contribution in [-0.2, 0) is 0 Å². The van der Waals surface area contributed by atoms with Crippen LogP contribution in [0.5, 0.6) is 5.75 Å². The number of benzene rings is 1. The van der Waals surface area contributed by atoms with E-state index in [0.29, 0.717) is 5.82 Å². The monoisotopic (exact) mass is 243 g/mol. The number of H-pyrrole nitrogens is 1. The summed E-state index contributed by atoms with van der Waals surface area (Å²) in [6.07, 6.45) is 1.47. The molecule has 0 saturated carbocycles. The number of ether oxygens (including phenoxy) is 1. The van der Waals surface area contributed by atoms with E-state index in [2.05, 4.69) is 15.2 Å². The zero-order chi connectivity index (χ0) is 12.7. The maximum atomic E-state index is 5.77. The highest BCUT2D eigenvalue weighted by atomic mass is 16.5. The molecular weight excluding hydrogens is 230 g/mol. The molecule has 6 nitrogen and oxygen atoms in total. The maximum Gasteiger partial charge on any atom is 0.198 e. The fourth-order valence-electron chi connectivity index (χ4n) is 2.08. The fraction of sp³-hybridized carbons (Fsp3) is 0.167. The number of aromatic nitrogens is 4. The van der Waals surface area contributed by atoms with Crippen molar-refractivity contribution in [2.24, 2.45) is 0 Å². The van der Waals surface area contributed by atoms with Crippen LogP contribution in [0.25, 0.3) is 22.4 Å². The molecule has 0 aliphatic carbocycles. The molecule has 0 bridgehead atoms. The van der Waals surface area contributed by atoms with Crippen LogP contribution in [0.3, 0.4) is 0 Å². The Hall–Kier alpha value is -2.50. The summed E-state index contributed by atoms with van der Waals surface area (Å²) >= 11 is 0. The number of hydrogen-bond donors (Lipinski definition) is 2. The molecule has 0 unspecified atom stereocenters. The van der Waals surface area contributed by atoms with Gasteiger partial charge in [-0.1, -0.05) is 0 Å². The number of nitrogens with one attached hydrogen (secondary N) is 1. The number of aryl methyl sites for hydroxylation is 1. The summed E-state index contributed by atoms with van der Waals surface area (Å²) in [5.41, 5.74) is 2.97. The van der Waals surface area contributed by atoms with E-state index in [1.807, 2.05) is 25.1 Å². The highest BCUT2D eigenvalue weighted by Crippen LogP contribution is 2.30. The van der Waals surface area contributed by atoms with Crippen molar-refractivity contribution in [3.8, 4) is 17.3 Å². The van der Waals surface area contributed by atoms with E-state index in [9.17, 15) is 0 Å². The Bertz CT molecular complexity index is 712. The van der Waals surface area contributed by atoms with Gasteiger partial charge in [-0.25, -0.2) is 4.68 Å². The van der Waals surface area contributed by atoms with E-state index < -0.39 is 0 Å². The standard InChI is InChI=1S/C12H13N5O/c1-7-9-5-8(18-2)3-4-10(9)15-11(7)12-16-14-6-17(12)13/h3-6,15H,13H2,1-2H3. The normalized spacial score (nSPS) is 11.0. The number of rotatable bonds is 2. The van der Waals surface area contributed by atoms with Gasteiger partial charge >= 0.3 is 0 Å². The van der Waals surface area contributed by atoms with Gasteiger partial charge in [-0.15, -0.1) is 10.2 Å². The zero-order valence-corrected chi connectivity index (χ0v) is 10.1. The Morgan fingerprint density at radius 1 is 1.39 bits per heavy atom. The highest BCUT2D eigenvalue weighted by molar-refractivity contribution is 5.90. The summed E-state index contributed by atoms with van der Waals surface area (Å²) in [4.78, 5) is 3.30. The van der Waals surface area contributed by atoms with E-state index in [1.54, 1.807) is 7.11 Å². The van der Waals surface area contributed by atoms with Crippen LogP contribution in [-0.4, -0.2) is 27.0 Å². The third kappa shape index (κ3) is 1.42. The van der Waals surface area contributed by atoms with E-state index >= 15 is 0 Å². The molecule has 18 heavy (non-hydrogen) atoms. The number of nitrogen functional groups attached to an aromatic ring is 1. The van der Waals surface area contributed by atoms with Gasteiger partial charge in [0.1, 0.15) is 12.1 Å². The fourth-order valence-corrected chi connectivity index (χ4v) is 2.08. The summed E-state index contributed by atoms with van der Waals surface area (Å²) in [6.45, 7) is 2.02. The van der Waals surface area contributed by atoms with Gasteiger partial charge in [0.2, 0.25) is 0 Å². The molecule has 3 aromatic rings. The Morgan fingerprint density at radius 2 is 2.22 bits per heavy atom. The quantitative estimate of drug-likeness (QED) is 0.667. The van der Waals surface area contributed by atoms with Crippen molar-refractivity contribution in [3.05, 3.63) is 30.1 Å². The Morgan fingerprint density at radius 3 is 2.89 bits per heavy atom. The van der Waals surface area contributed by atoms with E-state index in [4.69, 9.17) is 10.6 Å². The van der Waals surface area contributed by atoms with Crippen LogP contribution in [0.2, 0.25) is 0 Å². The molecule has 6 heteroatoms. The molecule has 0 radical (unpaired) electrons. The van der Waals surface area contributed by atoms with Crippen molar-refractivity contribution in [2.45, 2.75) is 6.92 Å². The van der Waals surface area contributed by atoms with Gasteiger partial charge < -0.3 is 15.6 Å². The van der Waals surface area contributed by atoms with Crippen molar-refractivity contribution < 1.29 is 4.74 Å². The van der Waals surface area contributed by atoms with Crippen molar-refractivity contribution in [3.63, 3.8) is 0 Å². The number of nitrogens with zero attached hydrogens (tertiary/aromatic N) is 3. The maximum absolute atomic E-state index is 5.77. The van der Waals surface area contributed by atoms with E-state index in [1.165, 1.54) is 11.0 Å². The lowest BCUT2D eigenvalue weighted by atomic mass is 10.1. The molecule has 92 valence electrons. The van der Waals surface area contributed by atoms with Crippen LogP contribution in [0.15, 0.2) is 24.5 Å². The van der Waals surface area contributed by atoms with Gasteiger partial charge in [0, 0.05) is 10.9 Å². The summed E-state index contributed by atoms with van der Waals surface area (Å²) in [5, 5.41) is 8.89. The first-order valence-electron chi connectivity index (χ1n) is 5.52. The molecule has 1 aromatic carbocycles. The Balaban J connectivity index is 2.26. The third-order valence-electron chi connectivity index (χ3n) is 3.06. The smallest absolute Gasteiger partial charge is 0.198 e. The van der Waals surface area contributed by atoms with Gasteiger partial charge in [-0.05, 0) is 30.7 Å². The topological polar surface area (TPSA) is 81.8 Å². The van der Waals surface area contributed by atoms with Crippen LogP contribution in [0.4, 0.5) is 0 Å². The van der Waals surface area contributed by atoms with E-state index in [0.717, 1.165) is 27.9 Å². The molecule has 0 aliphatic rings. The summed E-state index contributed by atoms with van der Waals surface area (Å²) in [6, 6.07) is 5.87. The average Bonchev–Trinajstić information content (AvgIpc) is 2.93. The van der Waals surface area contributed by atoms with Crippen molar-refractivity contribution in [1.29, 1.82) is 0 Å². The predicted octanol–water partition coefficient (Wildman–Crippen LogP) is 1.46. The minimum Gasteiger partial charge on any atom is -0.497 e. The number of fused-ring (bicyclic) bond motifs is 1. The number of methoxy groups -OCH3 is 1. The van der Waals surface area contributed by atoms with Gasteiger partial charge in [-0.3, -0.25) is 0 Å². The molecule has 3 N–H and O–H groups in total. The molecule has 0 saturated heterocycles. The van der Waals surface area contributed by atoms with Crippen molar-refractivity contribution in [1.82, 2.24) is 19.9 Å². The first-order chi connectivity index (χ1) is 8.70. The number of nitrogens with two attached hydrogens (primary N) is 1. The minimum atomic E-state index is 0.614. The SMILES string of the molecule is COc1ccc2[nH]c(-c3nncn3N)c(C)c2c1. The molecule has 2 aromatic heterocycles. The molecule has 2 heterocycles. The van der Waals surface area contributed by atoms with Gasteiger partial charge in [0.05, 0.1) is 12.8 Å². The lowest BCUT2D eigenvalue weighted by Gasteiger charge is -1.99. The lowest BCUT2D eigenvalue weighted by molar-refractivity contribution is 0.415. The first kappa shape index (κ1) is 10.6. The first-order valence-corrected chi connectivity index (χ1v) is 5.52. The summed E-state index contributed by atoms with van der Waals surface area (Å²) < 4.78 is 6.63. The molecule has 3 rings (SSSR count). The van der Waals surface area contributed by atoms with Crippen LogP contribution >= 0.6 is 0 Å². The summed E-state index contributed by atoms with van der Waals surface area (Å²) in [7, 11) is 1.65. The second-order valence-electron chi connectivity index (χ2n) is 4.10. The largest absolute Gasteiger partial charge is 0.497 e. The van der Waals surface area contributed by atoms with Gasteiger partial charge in [0.25, 0.3) is 0 Å². The molecular formula is C12H13N5O. The zero-order valence-electron chi connectivity index (χ0n) is 10.1. The second kappa shape index (κ2) is 3.76. The predicted molar refractivity (Wildman–Crippen MR) is 68.8 cm³/mol. The Kier molecular flexibility index (Phi) is 2.22. The molecule has 0 spiro atoms. The van der Waals surface area contributed by atoms with Crippen LogP contribution in [0.1, 0.15) is 5.56 Å². The van der Waals surface area contributed by atoms with Gasteiger partial charge in [0.15, 0.2) is 5.82 Å². The molecule has 0 aliphatic heterocycles. The average molecular weight is 243 g/mol. The molecule has 0 fully saturated rings. The number of aromatic amines is 1. The summed E-state index contributed by atoms with van der Waals surface area (Å²) in [5.74, 6) is 7.20. The highest BCUT2D eigenvalue weighted by Gasteiger charge is 2.14. The third-order valence-corrected chi connectivity index (χ3v) is 3.06. The van der Waals surface area contributed by atoms with Gasteiger partial charge in [-0.2, -0.15) is 0 Å². The Labute approximate surface area is 103 Å². The van der Waals surface area contributed by atoms with Crippen LogP contribution in [0, 0.1) is 6.92 Å². The van der Waals surface area contributed by atoms with Crippen molar-refractivity contribution in [2.75, 3.05) is 13.0 Å². The van der Waals surface area contributed by atoms with Crippen LogP contribution < -0.4 is 10.6 Å². The molecule has 0 atom stereocenters. The van der Waals surface area contributed by atoms with Crippen molar-refractivity contribution >= 4 is 10.9 Å². The van der Waals surface area contributed by atoms with E-state index in [-0.39, 0.29) is 0 Å². The minimum absolute atomic E-state index is 0.614.